The Kier molecular flexibility index (Phi) is 8.87. The number of nitro groups is 1. The second-order valence-electron chi connectivity index (χ2n) is 8.19. The number of hydrogen-bond donors (Lipinski definition) is 0. The fourth-order valence-corrected chi connectivity index (χ4v) is 6.66. The van der Waals surface area contributed by atoms with E-state index < -0.39 is 37.6 Å². The zero-order chi connectivity index (χ0) is 27.3. The number of nitro benzene ring substituents is 1. The number of ether oxygens (including phenoxy) is 2. The zero-order valence-electron chi connectivity index (χ0n) is 20.7. The Bertz CT molecular complexity index is 1380. The van der Waals surface area contributed by atoms with E-state index in [1.807, 2.05) is 6.92 Å². The number of nitrogens with zero attached hydrogens (tertiary/aromatic N) is 2. The molecule has 0 aliphatic carbocycles. The van der Waals surface area contributed by atoms with Gasteiger partial charge in [0, 0.05) is 23.8 Å². The van der Waals surface area contributed by atoms with E-state index in [1.165, 1.54) is 37.4 Å². The predicted octanol–water partition coefficient (Wildman–Crippen LogP) is 4.19. The van der Waals surface area contributed by atoms with Crippen molar-refractivity contribution in [3.05, 3.63) is 81.0 Å². The minimum atomic E-state index is -3.81. The van der Waals surface area contributed by atoms with Gasteiger partial charge < -0.3 is 9.47 Å². The van der Waals surface area contributed by atoms with Crippen molar-refractivity contribution in [1.29, 1.82) is 0 Å². The van der Waals surface area contributed by atoms with Crippen LogP contribution in [0.1, 0.15) is 30.9 Å². The van der Waals surface area contributed by atoms with Crippen LogP contribution in [0.2, 0.25) is 0 Å². The molecule has 2 aromatic rings. The van der Waals surface area contributed by atoms with Gasteiger partial charge in [-0.2, -0.15) is 0 Å². The Morgan fingerprint density at radius 1 is 1.14 bits per heavy atom. The van der Waals surface area contributed by atoms with Crippen molar-refractivity contribution in [3.63, 3.8) is 0 Å². The first-order valence-electron chi connectivity index (χ1n) is 11.2. The highest BCUT2D eigenvalue weighted by atomic mass is 33.1. The number of aliphatic imine (C=N–C) groups is 1. The van der Waals surface area contributed by atoms with Crippen molar-refractivity contribution in [2.24, 2.45) is 10.9 Å². The SMILES string of the molecule is CCOC(=O)C1=C(CSS(=O)(=O)c2ccc(C)cc2)N=C(C)C(C(=O)OC)C1c1cccc([N+](=O)[O-])c1. The van der Waals surface area contributed by atoms with Crippen LogP contribution in [-0.4, -0.2) is 50.5 Å². The van der Waals surface area contributed by atoms with E-state index in [0.717, 1.165) is 5.56 Å². The molecule has 0 aromatic heterocycles. The number of aryl methyl sites for hydroxylation is 1. The monoisotopic (exact) mass is 546 g/mol. The van der Waals surface area contributed by atoms with Crippen LogP contribution < -0.4 is 0 Å². The zero-order valence-corrected chi connectivity index (χ0v) is 22.3. The van der Waals surface area contributed by atoms with Gasteiger partial charge in [-0.15, -0.1) is 0 Å². The van der Waals surface area contributed by atoms with Crippen LogP contribution in [-0.2, 0) is 27.9 Å². The number of benzene rings is 2. The summed E-state index contributed by atoms with van der Waals surface area (Å²) in [5, 5.41) is 11.4. The van der Waals surface area contributed by atoms with Crippen LogP contribution >= 0.6 is 10.8 Å². The van der Waals surface area contributed by atoms with Gasteiger partial charge in [-0.3, -0.25) is 19.9 Å². The highest BCUT2D eigenvalue weighted by Crippen LogP contribution is 2.42. The van der Waals surface area contributed by atoms with E-state index in [2.05, 4.69) is 4.99 Å². The Morgan fingerprint density at radius 3 is 2.41 bits per heavy atom. The maximum atomic E-state index is 13.2. The summed E-state index contributed by atoms with van der Waals surface area (Å²) in [7, 11) is -2.04. The molecule has 2 unspecified atom stereocenters. The van der Waals surface area contributed by atoms with Crippen molar-refractivity contribution in [1.82, 2.24) is 0 Å². The fraction of sp³-hybridized carbons (Fsp3) is 0.320. The molecule has 12 heteroatoms. The molecule has 1 heterocycles. The molecule has 196 valence electrons. The minimum absolute atomic E-state index is 0.0116. The van der Waals surface area contributed by atoms with E-state index in [-0.39, 0.29) is 39.9 Å². The number of methoxy groups -OCH3 is 1. The second kappa shape index (κ2) is 11.7. The van der Waals surface area contributed by atoms with Crippen LogP contribution in [0.3, 0.4) is 0 Å². The van der Waals surface area contributed by atoms with Gasteiger partial charge in [0.05, 0.1) is 40.6 Å². The third-order valence-electron chi connectivity index (χ3n) is 5.77. The Labute approximate surface area is 218 Å². The second-order valence-corrected chi connectivity index (χ2v) is 12.1. The highest BCUT2D eigenvalue weighted by molar-refractivity contribution is 8.72. The topological polar surface area (TPSA) is 142 Å². The summed E-state index contributed by atoms with van der Waals surface area (Å²) < 4.78 is 36.2. The summed E-state index contributed by atoms with van der Waals surface area (Å²) in [6, 6.07) is 11.9. The Morgan fingerprint density at radius 2 is 1.81 bits per heavy atom. The molecule has 0 radical (unpaired) electrons. The standard InChI is InChI=1S/C25H26N2O8S2/c1-5-35-25(29)23-20(14-36-37(32,33)19-11-9-15(2)10-12-19)26-16(3)21(24(28)34-4)22(23)17-7-6-8-18(13-17)27(30)31/h6-13,21-22H,5,14H2,1-4H3. The molecule has 37 heavy (non-hydrogen) atoms. The first-order valence-corrected chi connectivity index (χ1v) is 14.2. The summed E-state index contributed by atoms with van der Waals surface area (Å²) in [6.07, 6.45) is 0. The van der Waals surface area contributed by atoms with Gasteiger partial charge in [0.2, 0.25) is 8.87 Å². The number of carbonyl (C=O) groups excluding carboxylic acids is 2. The molecule has 2 atom stereocenters. The third-order valence-corrected chi connectivity index (χ3v) is 9.18. The third kappa shape index (κ3) is 6.25. The van der Waals surface area contributed by atoms with E-state index in [4.69, 9.17) is 9.47 Å². The first-order chi connectivity index (χ1) is 17.5. The van der Waals surface area contributed by atoms with Crippen molar-refractivity contribution < 1.29 is 32.4 Å². The molecule has 0 bridgehead atoms. The quantitative estimate of drug-likeness (QED) is 0.196. The van der Waals surface area contributed by atoms with E-state index in [1.54, 1.807) is 32.0 Å². The lowest BCUT2D eigenvalue weighted by atomic mass is 9.75. The van der Waals surface area contributed by atoms with Gasteiger partial charge in [0.1, 0.15) is 5.92 Å². The van der Waals surface area contributed by atoms with Crippen molar-refractivity contribution in [3.8, 4) is 0 Å². The van der Waals surface area contributed by atoms with Gasteiger partial charge in [0.15, 0.2) is 0 Å². The van der Waals surface area contributed by atoms with E-state index in [9.17, 15) is 28.1 Å². The van der Waals surface area contributed by atoms with Gasteiger partial charge >= 0.3 is 11.9 Å². The molecular formula is C25H26N2O8S2. The summed E-state index contributed by atoms with van der Waals surface area (Å²) in [5.41, 5.74) is 1.30. The van der Waals surface area contributed by atoms with Gasteiger partial charge in [-0.05, 0) is 49.3 Å². The average Bonchev–Trinajstić information content (AvgIpc) is 2.87. The number of hydrogen-bond acceptors (Lipinski definition) is 10. The first kappa shape index (κ1) is 28.1. The van der Waals surface area contributed by atoms with Crippen LogP contribution in [0.4, 0.5) is 5.69 Å². The average molecular weight is 547 g/mol. The maximum absolute atomic E-state index is 13.2. The Balaban J connectivity index is 2.16. The lowest BCUT2D eigenvalue weighted by Crippen LogP contribution is -2.36. The van der Waals surface area contributed by atoms with Gasteiger partial charge in [-0.1, -0.05) is 29.8 Å². The van der Waals surface area contributed by atoms with Crippen LogP contribution in [0.5, 0.6) is 0 Å². The summed E-state index contributed by atoms with van der Waals surface area (Å²) in [6.45, 7) is 5.02. The molecule has 3 rings (SSSR count). The van der Waals surface area contributed by atoms with Crippen molar-refractivity contribution in [2.75, 3.05) is 19.5 Å². The summed E-state index contributed by atoms with van der Waals surface area (Å²) in [5.74, 6) is -3.83. The van der Waals surface area contributed by atoms with Crippen molar-refractivity contribution >= 4 is 43.0 Å². The van der Waals surface area contributed by atoms with E-state index >= 15 is 0 Å². The normalized spacial score (nSPS) is 17.7. The van der Waals surface area contributed by atoms with Crippen LogP contribution in [0.15, 0.2) is 69.7 Å². The van der Waals surface area contributed by atoms with Crippen LogP contribution in [0.25, 0.3) is 0 Å². The molecule has 0 amide bonds. The fourth-order valence-electron chi connectivity index (χ4n) is 4.02. The molecule has 0 saturated carbocycles. The predicted molar refractivity (Wildman–Crippen MR) is 139 cm³/mol. The largest absolute Gasteiger partial charge is 0.468 e. The van der Waals surface area contributed by atoms with Gasteiger partial charge in [0.25, 0.3) is 5.69 Å². The number of rotatable bonds is 9. The number of esters is 2. The van der Waals surface area contributed by atoms with Crippen molar-refractivity contribution in [2.45, 2.75) is 31.6 Å². The smallest absolute Gasteiger partial charge is 0.336 e. The molecule has 0 N–H and O–H groups in total. The molecule has 0 saturated heterocycles. The maximum Gasteiger partial charge on any atom is 0.336 e. The molecule has 2 aromatic carbocycles. The summed E-state index contributed by atoms with van der Waals surface area (Å²) >= 11 is 0. The molecule has 1 aliphatic rings. The number of non-ortho nitro benzene ring substituents is 1. The molecule has 10 nitrogen and oxygen atoms in total. The molecular weight excluding hydrogens is 520 g/mol. The van der Waals surface area contributed by atoms with Crippen LogP contribution in [0, 0.1) is 23.0 Å². The Hall–Kier alpha value is -3.51. The molecule has 1 aliphatic heterocycles. The highest BCUT2D eigenvalue weighted by Gasteiger charge is 2.43. The lowest BCUT2D eigenvalue weighted by Gasteiger charge is -2.31. The van der Waals surface area contributed by atoms with E-state index in [0.29, 0.717) is 16.4 Å². The summed E-state index contributed by atoms with van der Waals surface area (Å²) in [4.78, 5) is 41.4. The van der Waals surface area contributed by atoms with Gasteiger partial charge in [-0.25, -0.2) is 13.2 Å². The molecule has 0 spiro atoms. The number of carbonyl (C=O) groups is 2. The molecule has 0 fully saturated rings. The minimum Gasteiger partial charge on any atom is -0.468 e. The lowest BCUT2D eigenvalue weighted by molar-refractivity contribution is -0.384.